The maximum Gasteiger partial charge on any atom is 0.157 e. The molecule has 42 heavy (non-hydrogen) atoms. The van der Waals surface area contributed by atoms with E-state index in [1.165, 1.54) is 42.5 Å². The van der Waals surface area contributed by atoms with E-state index in [1.807, 2.05) is 0 Å². The molecule has 5 atom stereocenters. The van der Waals surface area contributed by atoms with Crippen molar-refractivity contribution < 1.29 is 60.5 Å². The molecule has 12 nitrogen and oxygen atoms in total. The smallest absolute Gasteiger partial charge is 0.157 e. The van der Waals surface area contributed by atoms with Crippen LogP contribution in [0.25, 0.3) is 0 Å². The van der Waals surface area contributed by atoms with Crippen LogP contribution >= 0.6 is 0 Å². The lowest BCUT2D eigenvalue weighted by Crippen LogP contribution is -2.35. The van der Waals surface area contributed by atoms with Gasteiger partial charge in [-0.2, -0.15) is 0 Å². The van der Waals surface area contributed by atoms with Crippen LogP contribution in [0.1, 0.15) is 45.9 Å². The van der Waals surface area contributed by atoms with Crippen molar-refractivity contribution in [3.63, 3.8) is 0 Å². The van der Waals surface area contributed by atoms with E-state index in [1.54, 1.807) is 0 Å². The Hall–Kier alpha value is -5.20. The van der Waals surface area contributed by atoms with Crippen LogP contribution in [0, 0.1) is 0 Å². The van der Waals surface area contributed by atoms with Crippen LogP contribution in [0.4, 0.5) is 0 Å². The van der Waals surface area contributed by atoms with E-state index in [-0.39, 0.29) is 51.7 Å². The van der Waals surface area contributed by atoms with E-state index in [0.29, 0.717) is 5.56 Å². The van der Waals surface area contributed by atoms with Crippen molar-refractivity contribution in [3.8, 4) is 57.5 Å². The monoisotopic (exact) mass is 578 g/mol. The Kier molecular flexibility index (Phi) is 6.24. The molecule has 0 spiro atoms. The van der Waals surface area contributed by atoms with Gasteiger partial charge in [0, 0.05) is 41.3 Å². The average molecular weight is 579 g/mol. The van der Waals surface area contributed by atoms with Gasteiger partial charge in [-0.25, -0.2) is 0 Å². The second-order valence-electron chi connectivity index (χ2n) is 10.3. The highest BCUT2D eigenvalue weighted by atomic mass is 16.5. The zero-order chi connectivity index (χ0) is 30.0. The normalized spacial score (nSPS) is 22.9. The fraction of sp³-hybridized carbons (Fsp3) is 0.200. The van der Waals surface area contributed by atoms with Crippen LogP contribution in [0.15, 0.2) is 54.6 Å². The van der Waals surface area contributed by atoms with Gasteiger partial charge in [0.2, 0.25) is 0 Å². The first-order chi connectivity index (χ1) is 19.9. The van der Waals surface area contributed by atoms with Crippen LogP contribution < -0.4 is 9.47 Å². The maximum absolute atomic E-state index is 11.6. The highest BCUT2D eigenvalue weighted by Gasteiger charge is 2.45. The Morgan fingerprint density at radius 2 is 1.12 bits per heavy atom. The molecule has 0 fully saturated rings. The number of rotatable bonds is 3. The third-order valence-electron chi connectivity index (χ3n) is 7.69. The molecule has 0 unspecified atom stereocenters. The largest absolute Gasteiger partial charge is 0.508 e. The first kappa shape index (κ1) is 27.0. The SMILES string of the molecule is Oc1cc(O)c2c(c1)O[C@H](c1ccc(O)c(O)c1)[C@@H](O)[C@H]2c1c(O)cc2c(c1O)C[C@@H](O)[C@H](c1ccc(O)c(O)c1)O2. The van der Waals surface area contributed by atoms with Gasteiger partial charge >= 0.3 is 0 Å². The van der Waals surface area contributed by atoms with Crippen LogP contribution in [0.5, 0.6) is 57.5 Å². The lowest BCUT2D eigenvalue weighted by Gasteiger charge is -2.39. The number of aliphatic hydroxyl groups excluding tert-OH is 2. The van der Waals surface area contributed by atoms with Crippen molar-refractivity contribution in [1.82, 2.24) is 0 Å². The molecule has 10 N–H and O–H groups in total. The summed E-state index contributed by atoms with van der Waals surface area (Å²) >= 11 is 0. The minimum atomic E-state index is -1.60. The standard InChI is InChI=1S/C30H26O12/c31-13-7-19(36)24-23(8-13)42-30(12-2-4-16(33)18(35)6-12)28(40)26(24)25-20(37)10-22-14(27(25)39)9-21(38)29(41-22)11-1-3-15(32)17(34)5-11/h1-8,10,21,26,28-40H,9H2/t21-,26-,28+,29+,30-/m1/s1. The molecule has 2 aliphatic rings. The Morgan fingerprint density at radius 3 is 1.74 bits per heavy atom. The summed E-state index contributed by atoms with van der Waals surface area (Å²) in [4.78, 5) is 0. The van der Waals surface area contributed by atoms with E-state index in [2.05, 4.69) is 0 Å². The molecule has 0 radical (unpaired) electrons. The molecular formula is C30H26O12. The summed E-state index contributed by atoms with van der Waals surface area (Å²) in [6, 6.07) is 11.0. The predicted molar refractivity (Wildman–Crippen MR) is 143 cm³/mol. The number of hydrogen-bond acceptors (Lipinski definition) is 12. The number of phenols is 8. The fourth-order valence-corrected chi connectivity index (χ4v) is 5.70. The number of aliphatic hydroxyl groups is 2. The topological polar surface area (TPSA) is 221 Å². The molecule has 218 valence electrons. The van der Waals surface area contributed by atoms with Crippen molar-refractivity contribution in [2.45, 2.75) is 36.8 Å². The zero-order valence-electron chi connectivity index (χ0n) is 21.6. The maximum atomic E-state index is 11.6. The molecule has 0 aromatic heterocycles. The summed E-state index contributed by atoms with van der Waals surface area (Å²) in [5, 5.41) is 105. The van der Waals surface area contributed by atoms with Gasteiger partial charge < -0.3 is 60.5 Å². The molecule has 2 heterocycles. The minimum absolute atomic E-state index is 0.00771. The number of hydrogen-bond donors (Lipinski definition) is 10. The molecule has 4 aromatic carbocycles. The Bertz CT molecular complexity index is 1720. The molecular weight excluding hydrogens is 552 g/mol. The molecule has 0 saturated carbocycles. The highest BCUT2D eigenvalue weighted by molar-refractivity contribution is 5.65. The molecule has 4 aromatic rings. The zero-order valence-corrected chi connectivity index (χ0v) is 21.6. The first-order valence-corrected chi connectivity index (χ1v) is 12.8. The number of benzene rings is 4. The van der Waals surface area contributed by atoms with Gasteiger partial charge in [-0.05, 0) is 35.4 Å². The summed E-state index contributed by atoms with van der Waals surface area (Å²) in [6.45, 7) is 0. The van der Waals surface area contributed by atoms with Gasteiger partial charge in [-0.1, -0.05) is 12.1 Å². The van der Waals surface area contributed by atoms with E-state index < -0.39 is 64.8 Å². The Labute approximate surface area is 237 Å². The minimum Gasteiger partial charge on any atom is -0.508 e. The van der Waals surface area contributed by atoms with Crippen LogP contribution in [-0.4, -0.2) is 63.3 Å². The molecule has 2 aliphatic heterocycles. The van der Waals surface area contributed by atoms with E-state index >= 15 is 0 Å². The number of phenolic OH excluding ortho intramolecular Hbond substituents is 8. The summed E-state index contributed by atoms with van der Waals surface area (Å²) in [7, 11) is 0. The lowest BCUT2D eigenvalue weighted by molar-refractivity contribution is 0.00573. The number of aromatic hydroxyl groups is 8. The predicted octanol–water partition coefficient (Wildman–Crippen LogP) is 3.00. The van der Waals surface area contributed by atoms with Crippen LogP contribution in [0.3, 0.4) is 0 Å². The van der Waals surface area contributed by atoms with Gasteiger partial charge in [0.25, 0.3) is 0 Å². The summed E-state index contributed by atoms with van der Waals surface area (Å²) in [5.74, 6) is -5.07. The molecule has 6 rings (SSSR count). The summed E-state index contributed by atoms with van der Waals surface area (Å²) in [6.07, 6.45) is -5.31. The number of ether oxygens (including phenoxy) is 2. The van der Waals surface area contributed by atoms with E-state index in [4.69, 9.17) is 9.47 Å². The highest BCUT2D eigenvalue weighted by Crippen LogP contribution is 2.56. The third kappa shape index (κ3) is 4.24. The Balaban J connectivity index is 1.47. The first-order valence-electron chi connectivity index (χ1n) is 12.8. The van der Waals surface area contributed by atoms with Crippen molar-refractivity contribution in [1.29, 1.82) is 0 Å². The van der Waals surface area contributed by atoms with Gasteiger partial charge in [0.15, 0.2) is 29.1 Å². The quantitative estimate of drug-likeness (QED) is 0.159. The van der Waals surface area contributed by atoms with Crippen LogP contribution in [-0.2, 0) is 6.42 Å². The third-order valence-corrected chi connectivity index (χ3v) is 7.69. The lowest BCUT2D eigenvalue weighted by atomic mass is 9.77. The van der Waals surface area contributed by atoms with E-state index in [9.17, 15) is 51.1 Å². The molecule has 0 bridgehead atoms. The van der Waals surface area contributed by atoms with Gasteiger partial charge in [-0.15, -0.1) is 0 Å². The second kappa shape index (κ2) is 9.72. The van der Waals surface area contributed by atoms with Gasteiger partial charge in [-0.3, -0.25) is 0 Å². The van der Waals surface area contributed by atoms with Crippen LogP contribution in [0.2, 0.25) is 0 Å². The van der Waals surface area contributed by atoms with Gasteiger partial charge in [0.05, 0.1) is 12.0 Å². The summed E-state index contributed by atoms with van der Waals surface area (Å²) < 4.78 is 11.8. The van der Waals surface area contributed by atoms with Crippen molar-refractivity contribution >= 4 is 0 Å². The summed E-state index contributed by atoms with van der Waals surface area (Å²) in [5.41, 5.74) is 0.333. The average Bonchev–Trinajstić information content (AvgIpc) is 2.93. The van der Waals surface area contributed by atoms with Gasteiger partial charge in [0.1, 0.15) is 46.7 Å². The molecule has 12 heteroatoms. The fourth-order valence-electron chi connectivity index (χ4n) is 5.70. The number of fused-ring (bicyclic) bond motifs is 2. The van der Waals surface area contributed by atoms with Crippen molar-refractivity contribution in [2.24, 2.45) is 0 Å². The van der Waals surface area contributed by atoms with Crippen molar-refractivity contribution in [3.05, 3.63) is 82.4 Å². The van der Waals surface area contributed by atoms with Crippen molar-refractivity contribution in [2.75, 3.05) is 0 Å². The molecule has 0 amide bonds. The Morgan fingerprint density at radius 1 is 0.548 bits per heavy atom. The molecule has 0 aliphatic carbocycles. The van der Waals surface area contributed by atoms with E-state index in [0.717, 1.165) is 12.1 Å². The second-order valence-corrected chi connectivity index (χ2v) is 10.3. The molecule has 0 saturated heterocycles.